The molecular weight excluding hydrogens is 350 g/mol. The van der Waals surface area contributed by atoms with Crippen LogP contribution in [0.15, 0.2) is 54.6 Å². The van der Waals surface area contributed by atoms with Crippen LogP contribution < -0.4 is 0 Å². The summed E-state index contributed by atoms with van der Waals surface area (Å²) in [6, 6.07) is 18.0. The van der Waals surface area contributed by atoms with Crippen molar-refractivity contribution in [3.05, 3.63) is 71.4 Å². The van der Waals surface area contributed by atoms with E-state index >= 15 is 0 Å². The number of aromatic amines is 1. The van der Waals surface area contributed by atoms with Crippen LogP contribution in [0.2, 0.25) is 0 Å². The highest BCUT2D eigenvalue weighted by Crippen LogP contribution is 2.39. The standard InChI is InChI=1S/C23H23N3O2/c1-25-21(27)13-17(22(25)15-7-3-2-4-8-15)23(28)26-12-11-20-18(14-26)16-9-5-6-10-19(16)24-20/h2-10,17,22,24H,11-14H2,1H3/t17-,22-/m1/s1. The fourth-order valence-corrected chi connectivity index (χ4v) is 4.79. The van der Waals surface area contributed by atoms with Crippen LogP contribution in [0.5, 0.6) is 0 Å². The lowest BCUT2D eigenvalue weighted by molar-refractivity contribution is -0.137. The lowest BCUT2D eigenvalue weighted by Gasteiger charge is -2.32. The molecule has 0 spiro atoms. The Bertz CT molecular complexity index is 1060. The van der Waals surface area contributed by atoms with Crippen LogP contribution in [0, 0.1) is 5.92 Å². The zero-order valence-electron chi connectivity index (χ0n) is 15.9. The highest BCUT2D eigenvalue weighted by molar-refractivity contribution is 5.91. The van der Waals surface area contributed by atoms with Crippen molar-refractivity contribution in [3.63, 3.8) is 0 Å². The quantitative estimate of drug-likeness (QED) is 0.750. The summed E-state index contributed by atoms with van der Waals surface area (Å²) in [5.41, 5.74) is 4.59. The Morgan fingerprint density at radius 2 is 1.82 bits per heavy atom. The third-order valence-corrected chi connectivity index (χ3v) is 6.24. The van der Waals surface area contributed by atoms with Gasteiger partial charge in [-0.1, -0.05) is 48.5 Å². The first kappa shape index (κ1) is 17.0. The summed E-state index contributed by atoms with van der Waals surface area (Å²) in [5, 5.41) is 1.19. The van der Waals surface area contributed by atoms with Gasteiger partial charge in [0.2, 0.25) is 11.8 Å². The number of fused-ring (bicyclic) bond motifs is 3. The molecule has 3 heterocycles. The molecule has 1 aromatic heterocycles. The molecular formula is C23H23N3O2. The van der Waals surface area contributed by atoms with E-state index in [0.29, 0.717) is 13.1 Å². The van der Waals surface area contributed by atoms with E-state index < -0.39 is 0 Å². The molecule has 0 unspecified atom stereocenters. The molecule has 142 valence electrons. The molecule has 2 atom stereocenters. The predicted octanol–water partition coefficient (Wildman–Crippen LogP) is 3.27. The Hall–Kier alpha value is -3.08. The number of likely N-dealkylation sites (tertiary alicyclic amines) is 1. The molecule has 0 radical (unpaired) electrons. The Labute approximate surface area is 163 Å². The molecule has 1 fully saturated rings. The van der Waals surface area contributed by atoms with Crippen LogP contribution in [0.25, 0.3) is 10.9 Å². The molecule has 0 saturated carbocycles. The maximum absolute atomic E-state index is 13.5. The molecule has 1 saturated heterocycles. The number of hydrogen-bond acceptors (Lipinski definition) is 2. The minimum atomic E-state index is -0.327. The zero-order valence-corrected chi connectivity index (χ0v) is 15.9. The van der Waals surface area contributed by atoms with Crippen LogP contribution in [0.1, 0.15) is 29.3 Å². The normalized spacial score (nSPS) is 22.0. The van der Waals surface area contributed by atoms with Crippen molar-refractivity contribution in [3.8, 4) is 0 Å². The van der Waals surface area contributed by atoms with E-state index in [4.69, 9.17) is 0 Å². The van der Waals surface area contributed by atoms with Crippen molar-refractivity contribution in [1.82, 2.24) is 14.8 Å². The van der Waals surface area contributed by atoms with Gasteiger partial charge in [-0.25, -0.2) is 0 Å². The lowest BCUT2D eigenvalue weighted by Crippen LogP contribution is -2.41. The minimum absolute atomic E-state index is 0.0389. The van der Waals surface area contributed by atoms with Crippen LogP contribution in [-0.4, -0.2) is 40.2 Å². The van der Waals surface area contributed by atoms with Crippen LogP contribution in [0.3, 0.4) is 0 Å². The molecule has 0 aliphatic carbocycles. The lowest BCUT2D eigenvalue weighted by atomic mass is 9.91. The van der Waals surface area contributed by atoms with Crippen molar-refractivity contribution in [2.45, 2.75) is 25.4 Å². The molecule has 28 heavy (non-hydrogen) atoms. The second kappa shape index (κ2) is 6.51. The van der Waals surface area contributed by atoms with Gasteiger partial charge in [-0.3, -0.25) is 9.59 Å². The molecule has 5 nitrogen and oxygen atoms in total. The van der Waals surface area contributed by atoms with E-state index in [9.17, 15) is 9.59 Å². The second-order valence-electron chi connectivity index (χ2n) is 7.81. The van der Waals surface area contributed by atoms with E-state index in [1.54, 1.807) is 11.9 Å². The third kappa shape index (κ3) is 2.61. The number of benzene rings is 2. The average Bonchev–Trinajstić information content (AvgIpc) is 3.25. The van der Waals surface area contributed by atoms with Gasteiger partial charge in [0, 0.05) is 55.1 Å². The third-order valence-electron chi connectivity index (χ3n) is 6.24. The molecule has 0 bridgehead atoms. The van der Waals surface area contributed by atoms with Gasteiger partial charge in [-0.15, -0.1) is 0 Å². The fraction of sp³-hybridized carbons (Fsp3) is 0.304. The first-order valence-corrected chi connectivity index (χ1v) is 9.81. The summed E-state index contributed by atoms with van der Waals surface area (Å²) in [5.74, 6) is -0.203. The Morgan fingerprint density at radius 3 is 2.64 bits per heavy atom. The van der Waals surface area contributed by atoms with Gasteiger partial charge in [0.05, 0.1) is 12.0 Å². The van der Waals surface area contributed by atoms with Crippen LogP contribution >= 0.6 is 0 Å². The van der Waals surface area contributed by atoms with Crippen LogP contribution in [-0.2, 0) is 22.6 Å². The molecule has 3 aromatic rings. The van der Waals surface area contributed by atoms with E-state index in [-0.39, 0.29) is 30.2 Å². The number of H-pyrrole nitrogens is 1. The fourth-order valence-electron chi connectivity index (χ4n) is 4.79. The largest absolute Gasteiger partial charge is 0.358 e. The monoisotopic (exact) mass is 373 g/mol. The molecule has 2 aromatic carbocycles. The molecule has 2 amide bonds. The second-order valence-corrected chi connectivity index (χ2v) is 7.81. The van der Waals surface area contributed by atoms with Gasteiger partial charge >= 0.3 is 0 Å². The molecule has 1 N–H and O–H groups in total. The maximum Gasteiger partial charge on any atom is 0.228 e. The minimum Gasteiger partial charge on any atom is -0.358 e. The average molecular weight is 373 g/mol. The predicted molar refractivity (Wildman–Crippen MR) is 107 cm³/mol. The van der Waals surface area contributed by atoms with Gasteiger partial charge in [-0.05, 0) is 11.6 Å². The zero-order chi connectivity index (χ0) is 19.3. The van der Waals surface area contributed by atoms with E-state index in [1.807, 2.05) is 47.4 Å². The van der Waals surface area contributed by atoms with Gasteiger partial charge < -0.3 is 14.8 Å². The number of aromatic nitrogens is 1. The van der Waals surface area contributed by atoms with E-state index in [2.05, 4.69) is 17.1 Å². The topological polar surface area (TPSA) is 56.4 Å². The van der Waals surface area contributed by atoms with Gasteiger partial charge in [0.25, 0.3) is 0 Å². The smallest absolute Gasteiger partial charge is 0.228 e. The van der Waals surface area contributed by atoms with Crippen molar-refractivity contribution in [2.24, 2.45) is 5.92 Å². The summed E-state index contributed by atoms with van der Waals surface area (Å²) in [6.07, 6.45) is 1.11. The summed E-state index contributed by atoms with van der Waals surface area (Å²) in [7, 11) is 1.81. The SMILES string of the molecule is CN1C(=O)C[C@@H](C(=O)N2CCc3[nH]c4ccccc4c3C2)[C@H]1c1ccccc1. The van der Waals surface area contributed by atoms with E-state index in [1.165, 1.54) is 16.6 Å². The van der Waals surface area contributed by atoms with Crippen LogP contribution in [0.4, 0.5) is 0 Å². The number of nitrogens with zero attached hydrogens (tertiary/aromatic N) is 2. The van der Waals surface area contributed by atoms with Gasteiger partial charge in [0.15, 0.2) is 0 Å². The molecule has 5 heteroatoms. The number of rotatable bonds is 2. The number of amides is 2. The summed E-state index contributed by atoms with van der Waals surface area (Å²) in [6.45, 7) is 1.29. The number of para-hydroxylation sites is 1. The first-order chi connectivity index (χ1) is 13.6. The number of nitrogens with one attached hydrogen (secondary N) is 1. The Kier molecular flexibility index (Phi) is 3.97. The van der Waals surface area contributed by atoms with E-state index in [0.717, 1.165) is 17.5 Å². The molecule has 2 aliphatic rings. The molecule has 2 aliphatic heterocycles. The summed E-state index contributed by atoms with van der Waals surface area (Å²) < 4.78 is 0. The highest BCUT2D eigenvalue weighted by Gasteiger charge is 2.44. The van der Waals surface area contributed by atoms with Crippen molar-refractivity contribution < 1.29 is 9.59 Å². The highest BCUT2D eigenvalue weighted by atomic mass is 16.2. The summed E-state index contributed by atoms with van der Waals surface area (Å²) >= 11 is 0. The first-order valence-electron chi connectivity index (χ1n) is 9.81. The van der Waals surface area contributed by atoms with Crippen molar-refractivity contribution >= 4 is 22.7 Å². The maximum atomic E-state index is 13.5. The van der Waals surface area contributed by atoms with Gasteiger partial charge in [-0.2, -0.15) is 0 Å². The Balaban J connectivity index is 1.45. The summed E-state index contributed by atoms with van der Waals surface area (Å²) in [4.78, 5) is 33.1. The van der Waals surface area contributed by atoms with Crippen molar-refractivity contribution in [2.75, 3.05) is 13.6 Å². The van der Waals surface area contributed by atoms with Gasteiger partial charge in [0.1, 0.15) is 0 Å². The number of hydrogen-bond donors (Lipinski definition) is 1. The Morgan fingerprint density at radius 1 is 1.07 bits per heavy atom. The molecule has 5 rings (SSSR count). The van der Waals surface area contributed by atoms with Crippen molar-refractivity contribution in [1.29, 1.82) is 0 Å². The number of carbonyl (C=O) groups excluding carboxylic acids is 2. The number of carbonyl (C=O) groups is 2.